The Bertz CT molecular complexity index is 1530. The second kappa shape index (κ2) is 8.79. The van der Waals surface area contributed by atoms with E-state index in [1.54, 1.807) is 29.2 Å². The number of para-hydroxylation sites is 1. The molecule has 176 valence electrons. The molecule has 8 heteroatoms. The molecular formula is C27H21F3N4O. The molecule has 4 aromatic carbocycles. The molecule has 0 spiro atoms. The van der Waals surface area contributed by atoms with Crippen LogP contribution >= 0.6 is 0 Å². The second-order valence-corrected chi connectivity index (χ2v) is 8.21. The number of rotatable bonds is 5. The molecule has 0 aliphatic heterocycles. The Morgan fingerprint density at radius 1 is 0.914 bits per heavy atom. The lowest BCUT2D eigenvalue weighted by molar-refractivity contribution is -0.274. The van der Waals surface area contributed by atoms with Gasteiger partial charge in [-0.25, -0.2) is 4.68 Å². The molecule has 0 fully saturated rings. The number of anilines is 1. The number of ether oxygens (including phenoxy) is 1. The third kappa shape index (κ3) is 4.68. The van der Waals surface area contributed by atoms with Gasteiger partial charge in [-0.1, -0.05) is 36.4 Å². The highest BCUT2D eigenvalue weighted by atomic mass is 19.4. The number of aryl methyl sites for hydroxylation is 2. The molecule has 0 saturated carbocycles. The zero-order chi connectivity index (χ0) is 24.6. The van der Waals surface area contributed by atoms with Crippen molar-refractivity contribution in [3.8, 4) is 11.4 Å². The predicted octanol–water partition coefficient (Wildman–Crippen LogP) is 7.14. The highest BCUT2D eigenvalue weighted by molar-refractivity contribution is 6.07. The number of nitrogens with one attached hydrogen (secondary N) is 1. The van der Waals surface area contributed by atoms with E-state index in [4.69, 9.17) is 0 Å². The van der Waals surface area contributed by atoms with E-state index < -0.39 is 6.36 Å². The molecule has 0 atom stereocenters. The Labute approximate surface area is 199 Å². The van der Waals surface area contributed by atoms with Crippen LogP contribution in [0.15, 0.2) is 84.1 Å². The summed E-state index contributed by atoms with van der Waals surface area (Å²) in [7, 11) is 0. The van der Waals surface area contributed by atoms with Gasteiger partial charge in [0.2, 0.25) is 0 Å². The van der Waals surface area contributed by atoms with Crippen molar-refractivity contribution in [3.05, 3.63) is 95.7 Å². The summed E-state index contributed by atoms with van der Waals surface area (Å²) in [6.07, 6.45) is -1.19. The van der Waals surface area contributed by atoms with E-state index in [0.717, 1.165) is 44.1 Å². The van der Waals surface area contributed by atoms with E-state index >= 15 is 0 Å². The van der Waals surface area contributed by atoms with E-state index in [1.807, 2.05) is 62.4 Å². The number of benzene rings is 4. The van der Waals surface area contributed by atoms with Crippen LogP contribution < -0.4 is 10.2 Å². The largest absolute Gasteiger partial charge is 0.573 e. The number of hydrogen-bond donors (Lipinski definition) is 1. The molecule has 5 nitrogen and oxygen atoms in total. The second-order valence-electron chi connectivity index (χ2n) is 8.21. The summed E-state index contributed by atoms with van der Waals surface area (Å²) in [6.45, 7) is 4.08. The third-order valence-electron chi connectivity index (χ3n) is 5.78. The number of hydrogen-bond acceptors (Lipinski definition) is 4. The van der Waals surface area contributed by atoms with E-state index in [1.165, 1.54) is 12.1 Å². The lowest BCUT2D eigenvalue weighted by Crippen LogP contribution is -2.17. The van der Waals surface area contributed by atoms with Crippen molar-refractivity contribution in [2.45, 2.75) is 20.2 Å². The van der Waals surface area contributed by atoms with E-state index in [9.17, 15) is 13.2 Å². The first-order valence-corrected chi connectivity index (χ1v) is 10.9. The summed E-state index contributed by atoms with van der Waals surface area (Å²) in [5, 5.41) is 11.9. The van der Waals surface area contributed by atoms with Crippen molar-refractivity contribution in [1.29, 1.82) is 0 Å². The molecule has 1 N–H and O–H groups in total. The van der Waals surface area contributed by atoms with Crippen molar-refractivity contribution >= 4 is 33.6 Å². The zero-order valence-electron chi connectivity index (χ0n) is 19.0. The van der Waals surface area contributed by atoms with Crippen LogP contribution in [0.4, 0.5) is 18.9 Å². The maximum atomic E-state index is 12.4. The van der Waals surface area contributed by atoms with Gasteiger partial charge in [0, 0.05) is 5.39 Å². The van der Waals surface area contributed by atoms with Crippen molar-refractivity contribution in [3.63, 3.8) is 0 Å². The van der Waals surface area contributed by atoms with Gasteiger partial charge in [0.05, 0.1) is 29.3 Å². The molecule has 0 unspecified atom stereocenters. The van der Waals surface area contributed by atoms with Crippen LogP contribution in [0.5, 0.6) is 5.75 Å². The first kappa shape index (κ1) is 22.5. The van der Waals surface area contributed by atoms with E-state index in [-0.39, 0.29) is 5.75 Å². The number of aromatic nitrogens is 2. The maximum Gasteiger partial charge on any atom is 0.573 e. The lowest BCUT2D eigenvalue weighted by Gasteiger charge is -2.10. The van der Waals surface area contributed by atoms with Crippen LogP contribution in [-0.2, 0) is 0 Å². The standard InChI is InChI=1S/C27H21F3N4O/c1-17-4-3-5-18(2)26(17)33-31-15-19-6-12-23-20(14-19)7-13-25-24(23)16-32-34(25)21-8-10-22(11-9-21)35-27(28,29)30/h3-16,33H,1-2H3/b31-15-. The molecule has 1 aromatic heterocycles. The summed E-state index contributed by atoms with van der Waals surface area (Å²) in [5.74, 6) is -0.274. The fourth-order valence-electron chi connectivity index (χ4n) is 4.10. The van der Waals surface area contributed by atoms with Gasteiger partial charge in [0.15, 0.2) is 0 Å². The summed E-state index contributed by atoms with van der Waals surface area (Å²) >= 11 is 0. The SMILES string of the molecule is Cc1cccc(C)c1N/N=C\c1ccc2c(ccc3c2cnn3-c2ccc(OC(F)(F)F)cc2)c1. The molecule has 0 radical (unpaired) electrons. The molecule has 0 aliphatic carbocycles. The smallest absolute Gasteiger partial charge is 0.406 e. The molecular weight excluding hydrogens is 453 g/mol. The van der Waals surface area contributed by atoms with Crippen LogP contribution in [0.1, 0.15) is 16.7 Å². The zero-order valence-corrected chi connectivity index (χ0v) is 19.0. The van der Waals surface area contributed by atoms with Crippen LogP contribution in [0, 0.1) is 13.8 Å². The van der Waals surface area contributed by atoms with Crippen molar-refractivity contribution in [2.75, 3.05) is 5.43 Å². The Balaban J connectivity index is 1.41. The van der Waals surface area contributed by atoms with Gasteiger partial charge in [0.25, 0.3) is 0 Å². The minimum atomic E-state index is -4.72. The number of fused-ring (bicyclic) bond motifs is 3. The topological polar surface area (TPSA) is 51.4 Å². The highest BCUT2D eigenvalue weighted by Gasteiger charge is 2.31. The van der Waals surface area contributed by atoms with Gasteiger partial charge < -0.3 is 4.74 Å². The Hall–Kier alpha value is -4.33. The Morgan fingerprint density at radius 3 is 2.37 bits per heavy atom. The summed E-state index contributed by atoms with van der Waals surface area (Å²) in [4.78, 5) is 0. The molecule has 0 amide bonds. The average molecular weight is 474 g/mol. The molecule has 0 saturated heterocycles. The first-order chi connectivity index (χ1) is 16.8. The van der Waals surface area contributed by atoms with Crippen LogP contribution in [0.2, 0.25) is 0 Å². The normalized spacial score (nSPS) is 12.0. The van der Waals surface area contributed by atoms with Gasteiger partial charge in [0.1, 0.15) is 5.75 Å². The number of hydrazone groups is 1. The van der Waals surface area contributed by atoms with Gasteiger partial charge in [-0.3, -0.25) is 5.43 Å². The van der Waals surface area contributed by atoms with Gasteiger partial charge >= 0.3 is 6.36 Å². The Kier molecular flexibility index (Phi) is 5.64. The summed E-state index contributed by atoms with van der Waals surface area (Å²) in [6, 6.07) is 21.7. The Morgan fingerprint density at radius 2 is 1.66 bits per heavy atom. The molecule has 5 rings (SSSR count). The fraction of sp³-hybridized carbons (Fsp3) is 0.111. The van der Waals surface area contributed by atoms with Crippen molar-refractivity contribution in [2.24, 2.45) is 5.10 Å². The minimum Gasteiger partial charge on any atom is -0.406 e. The van der Waals surface area contributed by atoms with Crippen LogP contribution in [0.25, 0.3) is 27.4 Å². The summed E-state index contributed by atoms with van der Waals surface area (Å²) < 4.78 is 42.9. The lowest BCUT2D eigenvalue weighted by atomic mass is 10.0. The van der Waals surface area contributed by atoms with Crippen molar-refractivity contribution in [1.82, 2.24) is 9.78 Å². The predicted molar refractivity (Wildman–Crippen MR) is 132 cm³/mol. The molecule has 5 aromatic rings. The van der Waals surface area contributed by atoms with Crippen molar-refractivity contribution < 1.29 is 17.9 Å². The van der Waals surface area contributed by atoms with Crippen LogP contribution in [-0.4, -0.2) is 22.4 Å². The first-order valence-electron chi connectivity index (χ1n) is 10.9. The molecule has 0 aliphatic rings. The number of alkyl halides is 3. The molecule has 0 bridgehead atoms. The quantitative estimate of drug-likeness (QED) is 0.218. The number of nitrogens with zero attached hydrogens (tertiary/aromatic N) is 3. The van der Waals surface area contributed by atoms with E-state index in [2.05, 4.69) is 20.4 Å². The van der Waals surface area contributed by atoms with Gasteiger partial charge in [-0.2, -0.15) is 10.2 Å². The monoisotopic (exact) mass is 474 g/mol. The van der Waals surface area contributed by atoms with Gasteiger partial charge in [-0.15, -0.1) is 13.2 Å². The molecule has 1 heterocycles. The third-order valence-corrected chi connectivity index (χ3v) is 5.78. The van der Waals surface area contributed by atoms with Crippen LogP contribution in [0.3, 0.4) is 0 Å². The average Bonchev–Trinajstić information content (AvgIpc) is 3.25. The maximum absolute atomic E-state index is 12.4. The van der Waals surface area contributed by atoms with E-state index in [0.29, 0.717) is 5.69 Å². The molecule has 35 heavy (non-hydrogen) atoms. The number of halogens is 3. The minimum absolute atomic E-state index is 0.274. The summed E-state index contributed by atoms with van der Waals surface area (Å²) in [5.41, 5.74) is 8.81. The highest BCUT2D eigenvalue weighted by Crippen LogP contribution is 2.29. The fourth-order valence-corrected chi connectivity index (χ4v) is 4.10. The van der Waals surface area contributed by atoms with Gasteiger partial charge in [-0.05, 0) is 77.7 Å².